The highest BCUT2D eigenvalue weighted by Gasteiger charge is 2.17. The van der Waals surface area contributed by atoms with Crippen LogP contribution in [0.5, 0.6) is 0 Å². The van der Waals surface area contributed by atoms with Crippen molar-refractivity contribution in [1.82, 2.24) is 4.90 Å². The summed E-state index contributed by atoms with van der Waals surface area (Å²) in [4.78, 5) is 15.3. The first-order chi connectivity index (χ1) is 9.88. The van der Waals surface area contributed by atoms with Crippen LogP contribution in [0.3, 0.4) is 0 Å². The Morgan fingerprint density at radius 2 is 2.05 bits per heavy atom. The molecule has 1 rings (SSSR count). The fourth-order valence-electron chi connectivity index (χ4n) is 1.90. The summed E-state index contributed by atoms with van der Waals surface area (Å²) in [5.74, 6) is -2.27. The van der Waals surface area contributed by atoms with Crippen LogP contribution in [0.2, 0.25) is 0 Å². The molecule has 0 spiro atoms. The number of carbonyl (C=O) groups excluding carboxylic acids is 1. The maximum atomic E-state index is 13.2. The Bertz CT molecular complexity index is 542. The lowest BCUT2D eigenvalue weighted by molar-refractivity contribution is -0.129. The van der Waals surface area contributed by atoms with Crippen LogP contribution in [-0.2, 0) is 4.79 Å². The van der Waals surface area contributed by atoms with Crippen LogP contribution in [0.15, 0.2) is 18.2 Å². The summed E-state index contributed by atoms with van der Waals surface area (Å²) >= 11 is 0. The minimum absolute atomic E-state index is 0.0388. The molecule has 0 aliphatic rings. The predicted molar refractivity (Wildman–Crippen MR) is 76.7 cm³/mol. The maximum absolute atomic E-state index is 13.2. The molecule has 1 unspecified atom stereocenters. The molecule has 0 N–H and O–H groups in total. The Hall–Kier alpha value is -2.16. The number of nitriles is 1. The predicted octanol–water partition coefficient (Wildman–Crippen LogP) is 2.41. The van der Waals surface area contributed by atoms with Crippen LogP contribution in [-0.4, -0.2) is 37.5 Å². The van der Waals surface area contributed by atoms with Crippen LogP contribution in [0.4, 0.5) is 14.5 Å². The van der Waals surface area contributed by atoms with Gasteiger partial charge in [-0.15, -0.1) is 0 Å². The molecule has 0 aliphatic heterocycles. The summed E-state index contributed by atoms with van der Waals surface area (Å²) in [5.41, 5.74) is 0.423. The van der Waals surface area contributed by atoms with Gasteiger partial charge in [-0.25, -0.2) is 8.78 Å². The molecule has 0 saturated heterocycles. The van der Waals surface area contributed by atoms with Crippen molar-refractivity contribution in [1.29, 1.82) is 5.26 Å². The van der Waals surface area contributed by atoms with Crippen molar-refractivity contribution in [3.05, 3.63) is 29.8 Å². The van der Waals surface area contributed by atoms with Gasteiger partial charge in [0.2, 0.25) is 5.91 Å². The summed E-state index contributed by atoms with van der Waals surface area (Å²) in [5, 5.41) is 8.80. The minimum atomic E-state index is -0.947. The maximum Gasteiger partial charge on any atom is 0.242 e. The minimum Gasteiger partial charge on any atom is -0.365 e. The van der Waals surface area contributed by atoms with Crippen LogP contribution in [0, 0.1) is 28.9 Å². The van der Waals surface area contributed by atoms with E-state index < -0.39 is 11.6 Å². The Morgan fingerprint density at radius 1 is 1.38 bits per heavy atom. The number of rotatable bonds is 6. The van der Waals surface area contributed by atoms with E-state index in [4.69, 9.17) is 5.26 Å². The van der Waals surface area contributed by atoms with Gasteiger partial charge >= 0.3 is 0 Å². The standard InChI is InChI=1S/C15H19F2N3O/c1-4-20(9-11(2)8-18)15(21)10-19(3)12-5-6-13(16)14(17)7-12/h5-7,11H,4,9-10H2,1-3H3. The summed E-state index contributed by atoms with van der Waals surface area (Å²) in [6.07, 6.45) is 0. The van der Waals surface area contributed by atoms with Gasteiger partial charge in [0, 0.05) is 31.9 Å². The highest BCUT2D eigenvalue weighted by molar-refractivity contribution is 5.81. The second-order valence-corrected chi connectivity index (χ2v) is 4.92. The zero-order chi connectivity index (χ0) is 16.0. The van der Waals surface area contributed by atoms with Crippen molar-refractivity contribution < 1.29 is 13.6 Å². The van der Waals surface area contributed by atoms with E-state index in [1.165, 1.54) is 6.07 Å². The molecule has 1 aromatic rings. The Labute approximate surface area is 123 Å². The van der Waals surface area contributed by atoms with E-state index in [9.17, 15) is 13.6 Å². The molecular formula is C15H19F2N3O. The molecule has 1 amide bonds. The molecule has 4 nitrogen and oxygen atoms in total. The Morgan fingerprint density at radius 3 is 2.57 bits per heavy atom. The van der Waals surface area contributed by atoms with Crippen LogP contribution in [0.25, 0.3) is 0 Å². The van der Waals surface area contributed by atoms with Gasteiger partial charge in [0.05, 0.1) is 18.5 Å². The summed E-state index contributed by atoms with van der Waals surface area (Å²) < 4.78 is 26.1. The number of likely N-dealkylation sites (N-methyl/N-ethyl adjacent to an activating group) is 2. The van der Waals surface area contributed by atoms with E-state index in [2.05, 4.69) is 6.07 Å². The molecule has 0 heterocycles. The first-order valence-corrected chi connectivity index (χ1v) is 6.72. The molecule has 6 heteroatoms. The molecule has 0 saturated carbocycles. The summed E-state index contributed by atoms with van der Waals surface area (Å²) in [6, 6.07) is 5.58. The number of anilines is 1. The van der Waals surface area contributed by atoms with Crippen LogP contribution >= 0.6 is 0 Å². The summed E-state index contributed by atoms with van der Waals surface area (Å²) in [7, 11) is 1.63. The van der Waals surface area contributed by atoms with E-state index in [1.54, 1.807) is 23.8 Å². The van der Waals surface area contributed by atoms with E-state index >= 15 is 0 Å². The second-order valence-electron chi connectivity index (χ2n) is 4.92. The summed E-state index contributed by atoms with van der Waals surface area (Å²) in [6.45, 7) is 4.47. The lowest BCUT2D eigenvalue weighted by Gasteiger charge is -2.26. The Balaban J connectivity index is 2.72. The molecule has 0 radical (unpaired) electrons. The molecule has 0 bridgehead atoms. The number of halogens is 2. The normalized spacial score (nSPS) is 11.6. The molecule has 21 heavy (non-hydrogen) atoms. The van der Waals surface area contributed by atoms with E-state index in [0.717, 1.165) is 12.1 Å². The average Bonchev–Trinajstić information content (AvgIpc) is 2.46. The van der Waals surface area contributed by atoms with Gasteiger partial charge in [-0.1, -0.05) is 0 Å². The molecule has 0 aromatic heterocycles. The third-order valence-corrected chi connectivity index (χ3v) is 3.17. The zero-order valence-electron chi connectivity index (χ0n) is 12.4. The quantitative estimate of drug-likeness (QED) is 0.809. The molecule has 114 valence electrons. The lowest BCUT2D eigenvalue weighted by Crippen LogP contribution is -2.41. The number of carbonyl (C=O) groups is 1. The van der Waals surface area contributed by atoms with Gasteiger partial charge in [0.1, 0.15) is 0 Å². The monoisotopic (exact) mass is 295 g/mol. The lowest BCUT2D eigenvalue weighted by atomic mass is 10.2. The largest absolute Gasteiger partial charge is 0.365 e. The molecular weight excluding hydrogens is 276 g/mol. The van der Waals surface area contributed by atoms with Crippen molar-refractivity contribution in [3.63, 3.8) is 0 Å². The van der Waals surface area contributed by atoms with Crippen molar-refractivity contribution in [2.75, 3.05) is 31.6 Å². The van der Waals surface area contributed by atoms with Crippen molar-refractivity contribution in [2.24, 2.45) is 5.92 Å². The molecule has 1 aromatic carbocycles. The van der Waals surface area contributed by atoms with E-state index in [1.807, 2.05) is 6.92 Å². The van der Waals surface area contributed by atoms with Crippen molar-refractivity contribution in [2.45, 2.75) is 13.8 Å². The third-order valence-electron chi connectivity index (χ3n) is 3.17. The van der Waals surface area contributed by atoms with E-state index in [-0.39, 0.29) is 18.4 Å². The molecule has 1 atom stereocenters. The van der Waals surface area contributed by atoms with E-state index in [0.29, 0.717) is 18.8 Å². The van der Waals surface area contributed by atoms with Gasteiger partial charge in [-0.2, -0.15) is 5.26 Å². The van der Waals surface area contributed by atoms with Gasteiger partial charge in [-0.05, 0) is 26.0 Å². The van der Waals surface area contributed by atoms with Gasteiger partial charge in [0.15, 0.2) is 11.6 Å². The van der Waals surface area contributed by atoms with Gasteiger partial charge in [-0.3, -0.25) is 4.79 Å². The number of hydrogen-bond acceptors (Lipinski definition) is 3. The highest BCUT2D eigenvalue weighted by Crippen LogP contribution is 2.16. The number of benzene rings is 1. The first kappa shape index (κ1) is 16.9. The SMILES string of the molecule is CCN(CC(C)C#N)C(=O)CN(C)c1ccc(F)c(F)c1. The molecule has 0 fully saturated rings. The number of hydrogen-bond donors (Lipinski definition) is 0. The smallest absolute Gasteiger partial charge is 0.242 e. The number of amides is 1. The van der Waals surface area contributed by atoms with Gasteiger partial charge in [0.25, 0.3) is 0 Å². The third kappa shape index (κ3) is 4.71. The second kappa shape index (κ2) is 7.58. The Kier molecular flexibility index (Phi) is 6.10. The average molecular weight is 295 g/mol. The fraction of sp³-hybridized carbons (Fsp3) is 0.467. The molecule has 0 aliphatic carbocycles. The first-order valence-electron chi connectivity index (χ1n) is 6.72. The van der Waals surface area contributed by atoms with Crippen molar-refractivity contribution >= 4 is 11.6 Å². The zero-order valence-corrected chi connectivity index (χ0v) is 12.4. The van der Waals surface area contributed by atoms with Gasteiger partial charge < -0.3 is 9.80 Å². The van der Waals surface area contributed by atoms with Crippen molar-refractivity contribution in [3.8, 4) is 6.07 Å². The number of nitrogens with zero attached hydrogens (tertiary/aromatic N) is 3. The van der Waals surface area contributed by atoms with Crippen LogP contribution in [0.1, 0.15) is 13.8 Å². The topological polar surface area (TPSA) is 47.3 Å². The highest BCUT2D eigenvalue weighted by atomic mass is 19.2. The fourth-order valence-corrected chi connectivity index (χ4v) is 1.90. The van der Waals surface area contributed by atoms with Crippen LogP contribution < -0.4 is 4.90 Å².